The molecule has 0 saturated carbocycles. The number of nitrogens with one attached hydrogen (secondary N) is 2. The van der Waals surface area contributed by atoms with Gasteiger partial charge in [-0.05, 0) is 34.1 Å². The molecule has 0 aliphatic carbocycles. The van der Waals surface area contributed by atoms with Gasteiger partial charge in [0, 0.05) is 31.9 Å². The van der Waals surface area contributed by atoms with Crippen LogP contribution >= 0.6 is 0 Å². The molecule has 25 heavy (non-hydrogen) atoms. The van der Waals surface area contributed by atoms with Crippen molar-refractivity contribution in [3.63, 3.8) is 0 Å². The van der Waals surface area contributed by atoms with E-state index in [1.807, 2.05) is 27.7 Å². The number of rotatable bonds is 12. The molecule has 0 aliphatic rings. The van der Waals surface area contributed by atoms with Crippen molar-refractivity contribution in [3.8, 4) is 17.2 Å². The maximum absolute atomic E-state index is 12.0. The number of ether oxygens (including phenoxy) is 4. The first kappa shape index (κ1) is 20.9. The molecule has 1 rings (SSSR count). The number of carbonyl (C=O) groups is 1. The number of benzene rings is 1. The van der Waals surface area contributed by atoms with Crippen molar-refractivity contribution in [2.75, 3.05) is 44.9 Å². The average Bonchev–Trinajstić information content (AvgIpc) is 2.58. The van der Waals surface area contributed by atoms with Crippen LogP contribution < -0.4 is 24.8 Å². The van der Waals surface area contributed by atoms with E-state index in [0.29, 0.717) is 62.5 Å². The molecule has 0 unspecified atom stereocenters. The van der Waals surface area contributed by atoms with Crippen LogP contribution in [0.25, 0.3) is 0 Å². The van der Waals surface area contributed by atoms with Crippen LogP contribution in [0.15, 0.2) is 12.1 Å². The first-order valence-corrected chi connectivity index (χ1v) is 8.85. The van der Waals surface area contributed by atoms with Crippen LogP contribution in [0.1, 0.15) is 34.1 Å². The van der Waals surface area contributed by atoms with Crippen molar-refractivity contribution in [1.82, 2.24) is 5.32 Å². The Morgan fingerprint density at radius 2 is 1.52 bits per heavy atom. The molecular weight excluding hydrogens is 324 g/mol. The minimum atomic E-state index is -0.287. The molecule has 0 aliphatic heterocycles. The Balaban J connectivity index is 2.79. The summed E-state index contributed by atoms with van der Waals surface area (Å²) in [5.74, 6) is 1.64. The Labute approximate surface area is 150 Å². The Bertz CT molecular complexity index is 495. The minimum Gasteiger partial charge on any atom is -0.490 e. The van der Waals surface area contributed by atoms with Gasteiger partial charge in [-0.2, -0.15) is 0 Å². The predicted molar refractivity (Wildman–Crippen MR) is 98.1 cm³/mol. The smallest absolute Gasteiger partial charge is 0.319 e. The van der Waals surface area contributed by atoms with E-state index >= 15 is 0 Å². The van der Waals surface area contributed by atoms with E-state index < -0.39 is 0 Å². The summed E-state index contributed by atoms with van der Waals surface area (Å²) in [5, 5.41) is 5.58. The zero-order valence-electron chi connectivity index (χ0n) is 15.6. The van der Waals surface area contributed by atoms with E-state index in [9.17, 15) is 4.79 Å². The highest BCUT2D eigenvalue weighted by Gasteiger charge is 2.16. The lowest BCUT2D eigenvalue weighted by Crippen LogP contribution is -2.30. The van der Waals surface area contributed by atoms with Crippen LogP contribution in [0.4, 0.5) is 10.5 Å². The number of urea groups is 1. The van der Waals surface area contributed by atoms with Crippen molar-refractivity contribution < 1.29 is 23.7 Å². The number of amides is 2. The largest absolute Gasteiger partial charge is 0.490 e. The topological polar surface area (TPSA) is 78.1 Å². The lowest BCUT2D eigenvalue weighted by Gasteiger charge is -2.17. The van der Waals surface area contributed by atoms with Gasteiger partial charge in [0.1, 0.15) is 0 Å². The molecular formula is C18H30N2O5. The second kappa shape index (κ2) is 12.2. The predicted octanol–water partition coefficient (Wildman–Crippen LogP) is 3.43. The van der Waals surface area contributed by atoms with Crippen LogP contribution in [-0.2, 0) is 4.74 Å². The van der Waals surface area contributed by atoms with Crippen molar-refractivity contribution in [2.45, 2.75) is 34.1 Å². The molecule has 2 N–H and O–H groups in total. The first-order valence-electron chi connectivity index (χ1n) is 8.85. The van der Waals surface area contributed by atoms with E-state index in [1.165, 1.54) is 0 Å². The summed E-state index contributed by atoms with van der Waals surface area (Å²) in [6.45, 7) is 10.9. The fraction of sp³-hybridized carbons (Fsp3) is 0.611. The summed E-state index contributed by atoms with van der Waals surface area (Å²) in [5.41, 5.74) is 0.581. The monoisotopic (exact) mass is 354 g/mol. The van der Waals surface area contributed by atoms with Gasteiger partial charge in [-0.1, -0.05) is 0 Å². The highest BCUT2D eigenvalue weighted by molar-refractivity contribution is 5.90. The molecule has 7 nitrogen and oxygen atoms in total. The van der Waals surface area contributed by atoms with E-state index in [4.69, 9.17) is 18.9 Å². The lowest BCUT2D eigenvalue weighted by atomic mass is 10.2. The van der Waals surface area contributed by atoms with Crippen LogP contribution in [-0.4, -0.2) is 45.6 Å². The molecule has 142 valence electrons. The first-order chi connectivity index (χ1) is 12.2. The third-order valence-corrected chi connectivity index (χ3v) is 3.12. The average molecular weight is 354 g/mol. The molecule has 0 atom stereocenters. The van der Waals surface area contributed by atoms with Crippen molar-refractivity contribution >= 4 is 11.7 Å². The summed E-state index contributed by atoms with van der Waals surface area (Å²) < 4.78 is 22.1. The highest BCUT2D eigenvalue weighted by atomic mass is 16.5. The number of hydrogen-bond donors (Lipinski definition) is 2. The summed E-state index contributed by atoms with van der Waals surface area (Å²) >= 11 is 0. The van der Waals surface area contributed by atoms with E-state index in [0.717, 1.165) is 6.42 Å². The van der Waals surface area contributed by atoms with Gasteiger partial charge >= 0.3 is 6.03 Å². The standard InChI is InChI=1S/C18H30N2O5/c1-5-22-11-9-10-19-18(21)20-14-12-15(23-6-2)17(25-8-4)16(13-14)24-7-3/h12-13H,5-11H2,1-4H3,(H2,19,20,21). The van der Waals surface area contributed by atoms with Crippen molar-refractivity contribution in [1.29, 1.82) is 0 Å². The van der Waals surface area contributed by atoms with Gasteiger partial charge in [0.05, 0.1) is 25.5 Å². The molecule has 1 aromatic rings. The van der Waals surface area contributed by atoms with Gasteiger partial charge in [-0.25, -0.2) is 4.79 Å². The Hall–Kier alpha value is -2.15. The Morgan fingerprint density at radius 1 is 0.920 bits per heavy atom. The third kappa shape index (κ3) is 7.51. The van der Waals surface area contributed by atoms with Gasteiger partial charge in [0.2, 0.25) is 5.75 Å². The fourth-order valence-corrected chi connectivity index (χ4v) is 2.16. The molecule has 7 heteroatoms. The molecule has 0 spiro atoms. The second-order valence-corrected chi connectivity index (χ2v) is 5.03. The highest BCUT2D eigenvalue weighted by Crippen LogP contribution is 2.40. The maximum atomic E-state index is 12.0. The molecule has 2 amide bonds. The summed E-state index contributed by atoms with van der Waals surface area (Å²) in [6.07, 6.45) is 0.763. The van der Waals surface area contributed by atoms with Crippen molar-refractivity contribution in [2.24, 2.45) is 0 Å². The van der Waals surface area contributed by atoms with Gasteiger partial charge in [-0.3, -0.25) is 0 Å². The Morgan fingerprint density at radius 3 is 2.04 bits per heavy atom. The third-order valence-electron chi connectivity index (χ3n) is 3.12. The summed E-state index contributed by atoms with van der Waals surface area (Å²) in [6, 6.07) is 3.18. The van der Waals surface area contributed by atoms with Gasteiger partial charge in [0.25, 0.3) is 0 Å². The van der Waals surface area contributed by atoms with Gasteiger partial charge < -0.3 is 29.6 Å². The zero-order valence-corrected chi connectivity index (χ0v) is 15.6. The molecule has 0 radical (unpaired) electrons. The van der Waals surface area contributed by atoms with Crippen LogP contribution in [0, 0.1) is 0 Å². The molecule has 0 fully saturated rings. The van der Waals surface area contributed by atoms with E-state index in [1.54, 1.807) is 12.1 Å². The number of hydrogen-bond acceptors (Lipinski definition) is 5. The van der Waals surface area contributed by atoms with Gasteiger partial charge in [-0.15, -0.1) is 0 Å². The van der Waals surface area contributed by atoms with Crippen molar-refractivity contribution in [3.05, 3.63) is 12.1 Å². The molecule has 1 aromatic carbocycles. The molecule has 0 bridgehead atoms. The van der Waals surface area contributed by atoms with Crippen LogP contribution in [0.2, 0.25) is 0 Å². The van der Waals surface area contributed by atoms with E-state index in [2.05, 4.69) is 10.6 Å². The summed E-state index contributed by atoms with van der Waals surface area (Å²) in [7, 11) is 0. The number of anilines is 1. The maximum Gasteiger partial charge on any atom is 0.319 e. The van der Waals surface area contributed by atoms with Crippen LogP contribution in [0.5, 0.6) is 17.2 Å². The zero-order chi connectivity index (χ0) is 18.5. The Kier molecular flexibility index (Phi) is 10.2. The van der Waals surface area contributed by atoms with E-state index in [-0.39, 0.29) is 6.03 Å². The fourth-order valence-electron chi connectivity index (χ4n) is 2.16. The quantitative estimate of drug-likeness (QED) is 0.562. The van der Waals surface area contributed by atoms with Crippen LogP contribution in [0.3, 0.4) is 0 Å². The SMILES string of the molecule is CCOCCCNC(=O)Nc1cc(OCC)c(OCC)c(OCC)c1. The summed E-state index contributed by atoms with van der Waals surface area (Å²) in [4.78, 5) is 12.0. The number of carbonyl (C=O) groups excluding carboxylic acids is 1. The molecule has 0 aromatic heterocycles. The molecule has 0 saturated heterocycles. The minimum absolute atomic E-state index is 0.287. The lowest BCUT2D eigenvalue weighted by molar-refractivity contribution is 0.145. The second-order valence-electron chi connectivity index (χ2n) is 5.03. The normalized spacial score (nSPS) is 10.2. The van der Waals surface area contributed by atoms with Gasteiger partial charge in [0.15, 0.2) is 11.5 Å². The molecule has 0 heterocycles.